The average molecular weight is 908 g/mol. The van der Waals surface area contributed by atoms with Crippen LogP contribution in [0.4, 0.5) is 0 Å². The maximum Gasteiger partial charge on any atom is 0.220 e. The number of unbranched alkanes of at least 4 members (excludes halogenated alkanes) is 35. The Kier molecular flexibility index (Phi) is 43.1. The summed E-state index contributed by atoms with van der Waals surface area (Å²) >= 11 is 0. The Labute approximate surface area is 394 Å². The molecule has 1 rings (SSSR count). The van der Waals surface area contributed by atoms with E-state index in [0.29, 0.717) is 6.42 Å². The van der Waals surface area contributed by atoms with E-state index in [-0.39, 0.29) is 12.5 Å². The van der Waals surface area contributed by atoms with Crippen molar-refractivity contribution in [2.75, 3.05) is 13.2 Å². The van der Waals surface area contributed by atoms with Crippen LogP contribution in [0.3, 0.4) is 0 Å². The second-order valence-corrected chi connectivity index (χ2v) is 19.4. The maximum absolute atomic E-state index is 13.0. The number of ether oxygens (including phenoxy) is 2. The van der Waals surface area contributed by atoms with Gasteiger partial charge in [0.1, 0.15) is 24.4 Å². The summed E-state index contributed by atoms with van der Waals surface area (Å²) in [6.07, 6.45) is 49.7. The third kappa shape index (κ3) is 34.9. The van der Waals surface area contributed by atoms with Crippen molar-refractivity contribution in [1.29, 1.82) is 0 Å². The number of hydrogen-bond donors (Lipinski definition) is 6. The first kappa shape index (κ1) is 60.7. The van der Waals surface area contributed by atoms with Gasteiger partial charge in [-0.1, -0.05) is 250 Å². The van der Waals surface area contributed by atoms with Gasteiger partial charge in [0, 0.05) is 6.42 Å². The normalized spacial score (nSPS) is 20.1. The second-order valence-electron chi connectivity index (χ2n) is 19.4. The number of carbonyl (C=O) groups is 1. The third-order valence-electron chi connectivity index (χ3n) is 13.3. The molecule has 6 N–H and O–H groups in total. The van der Waals surface area contributed by atoms with E-state index in [2.05, 4.69) is 31.3 Å². The summed E-state index contributed by atoms with van der Waals surface area (Å²) in [6.45, 7) is 3.78. The van der Waals surface area contributed by atoms with Gasteiger partial charge in [0.05, 0.1) is 25.4 Å². The van der Waals surface area contributed by atoms with Crippen LogP contribution in [0.1, 0.15) is 264 Å². The number of hydrogen-bond acceptors (Lipinski definition) is 8. The highest BCUT2D eigenvalue weighted by Gasteiger charge is 2.44. The molecule has 1 saturated heterocycles. The SMILES string of the molecule is CCCCCCCCCC/C=C/CC/C=C/C(O)C(COC1OC(CO)C(O)C(O)C1O)NC(=O)CCCCCCCCCCCCCCCCCCCCCCCCCCCCC. The lowest BCUT2D eigenvalue weighted by atomic mass is 9.99. The van der Waals surface area contributed by atoms with E-state index in [1.54, 1.807) is 6.08 Å². The van der Waals surface area contributed by atoms with E-state index in [1.165, 1.54) is 205 Å². The Morgan fingerprint density at radius 2 is 0.891 bits per heavy atom. The molecule has 7 atom stereocenters. The van der Waals surface area contributed by atoms with Crippen LogP contribution < -0.4 is 5.32 Å². The van der Waals surface area contributed by atoms with Gasteiger partial charge in [0.2, 0.25) is 5.91 Å². The van der Waals surface area contributed by atoms with E-state index in [4.69, 9.17) is 9.47 Å². The highest BCUT2D eigenvalue weighted by atomic mass is 16.7. The van der Waals surface area contributed by atoms with Gasteiger partial charge in [-0.3, -0.25) is 4.79 Å². The minimum absolute atomic E-state index is 0.182. The number of aliphatic hydroxyl groups is 5. The fourth-order valence-corrected chi connectivity index (χ4v) is 8.88. The summed E-state index contributed by atoms with van der Waals surface area (Å²) in [7, 11) is 0. The zero-order valence-corrected chi connectivity index (χ0v) is 41.8. The molecule has 9 nitrogen and oxygen atoms in total. The molecular formula is C55H105NO8. The summed E-state index contributed by atoms with van der Waals surface area (Å²) in [4.78, 5) is 13.0. The van der Waals surface area contributed by atoms with E-state index in [1.807, 2.05) is 6.08 Å². The van der Waals surface area contributed by atoms with Crippen LogP contribution in [0.25, 0.3) is 0 Å². The molecule has 378 valence electrons. The lowest BCUT2D eigenvalue weighted by Crippen LogP contribution is -2.60. The average Bonchev–Trinajstić information content (AvgIpc) is 3.29. The smallest absolute Gasteiger partial charge is 0.220 e. The van der Waals surface area contributed by atoms with Gasteiger partial charge in [-0.25, -0.2) is 0 Å². The number of amides is 1. The first-order valence-electron chi connectivity index (χ1n) is 27.6. The van der Waals surface area contributed by atoms with Crippen molar-refractivity contribution in [3.63, 3.8) is 0 Å². The lowest BCUT2D eigenvalue weighted by Gasteiger charge is -2.40. The molecule has 1 heterocycles. The maximum atomic E-state index is 13.0. The molecule has 0 aromatic heterocycles. The zero-order chi connectivity index (χ0) is 46.6. The Morgan fingerprint density at radius 1 is 0.516 bits per heavy atom. The molecule has 0 radical (unpaired) electrons. The second kappa shape index (κ2) is 45.5. The Bertz CT molecular complexity index is 1060. The van der Waals surface area contributed by atoms with E-state index in [9.17, 15) is 30.3 Å². The van der Waals surface area contributed by atoms with Gasteiger partial charge in [-0.2, -0.15) is 0 Å². The van der Waals surface area contributed by atoms with E-state index in [0.717, 1.165) is 38.5 Å². The van der Waals surface area contributed by atoms with Gasteiger partial charge in [-0.15, -0.1) is 0 Å². The molecule has 0 spiro atoms. The lowest BCUT2D eigenvalue weighted by molar-refractivity contribution is -0.302. The fraction of sp³-hybridized carbons (Fsp3) is 0.909. The number of rotatable bonds is 47. The highest BCUT2D eigenvalue weighted by Crippen LogP contribution is 2.23. The van der Waals surface area contributed by atoms with Crippen LogP contribution in [-0.4, -0.2) is 87.5 Å². The van der Waals surface area contributed by atoms with Crippen molar-refractivity contribution in [2.45, 2.75) is 307 Å². The standard InChI is InChI=1S/C55H105NO8/c1-3-5-7-9-11-13-15-17-19-20-21-22-23-24-25-26-27-28-29-30-31-33-35-37-39-41-43-45-51(59)56-48(47-63-55-54(62)53(61)52(60)50(46-57)64-55)49(58)44-42-40-38-36-34-32-18-16-14-12-10-8-6-4-2/h34,36,42,44,48-50,52-55,57-58,60-62H,3-33,35,37-41,43,45-47H2,1-2H3,(H,56,59)/b36-34+,44-42+. The number of aliphatic hydroxyl groups excluding tert-OH is 5. The first-order chi connectivity index (χ1) is 31.3. The predicted molar refractivity (Wildman–Crippen MR) is 267 cm³/mol. The number of allylic oxidation sites excluding steroid dienone is 3. The van der Waals surface area contributed by atoms with Crippen molar-refractivity contribution >= 4 is 5.91 Å². The van der Waals surface area contributed by atoms with Gasteiger partial charge in [0.15, 0.2) is 6.29 Å². The van der Waals surface area contributed by atoms with E-state index >= 15 is 0 Å². The minimum Gasteiger partial charge on any atom is -0.394 e. The summed E-state index contributed by atoms with van der Waals surface area (Å²) in [5.74, 6) is -0.182. The topological polar surface area (TPSA) is 149 Å². The third-order valence-corrected chi connectivity index (χ3v) is 13.3. The summed E-state index contributed by atoms with van der Waals surface area (Å²) in [5.41, 5.74) is 0. The molecule has 1 amide bonds. The van der Waals surface area contributed by atoms with Crippen LogP contribution in [0, 0.1) is 0 Å². The van der Waals surface area contributed by atoms with Gasteiger partial charge < -0.3 is 40.3 Å². The number of nitrogens with one attached hydrogen (secondary N) is 1. The first-order valence-corrected chi connectivity index (χ1v) is 27.6. The molecule has 64 heavy (non-hydrogen) atoms. The van der Waals surface area contributed by atoms with Crippen LogP contribution in [-0.2, 0) is 14.3 Å². The van der Waals surface area contributed by atoms with Crippen molar-refractivity contribution in [3.8, 4) is 0 Å². The Morgan fingerprint density at radius 3 is 1.31 bits per heavy atom. The van der Waals surface area contributed by atoms with Crippen molar-refractivity contribution in [2.24, 2.45) is 0 Å². The molecular weight excluding hydrogens is 803 g/mol. The van der Waals surface area contributed by atoms with Gasteiger partial charge in [-0.05, 0) is 32.1 Å². The molecule has 0 aromatic rings. The van der Waals surface area contributed by atoms with Crippen LogP contribution in [0.15, 0.2) is 24.3 Å². The molecule has 0 bridgehead atoms. The fourth-order valence-electron chi connectivity index (χ4n) is 8.88. The molecule has 0 aromatic carbocycles. The summed E-state index contributed by atoms with van der Waals surface area (Å²) < 4.78 is 11.2. The molecule has 0 aliphatic carbocycles. The van der Waals surface area contributed by atoms with Crippen LogP contribution in [0.5, 0.6) is 0 Å². The van der Waals surface area contributed by atoms with Crippen molar-refractivity contribution < 1.29 is 39.8 Å². The number of carbonyl (C=O) groups excluding carboxylic acids is 1. The predicted octanol–water partition coefficient (Wildman–Crippen LogP) is 13.0. The van der Waals surface area contributed by atoms with Crippen molar-refractivity contribution in [3.05, 3.63) is 24.3 Å². The Hall–Kier alpha value is -1.33. The molecule has 0 saturated carbocycles. The molecule has 1 aliphatic heterocycles. The van der Waals surface area contributed by atoms with Crippen LogP contribution in [0.2, 0.25) is 0 Å². The monoisotopic (exact) mass is 908 g/mol. The largest absolute Gasteiger partial charge is 0.394 e. The Balaban J connectivity index is 2.19. The summed E-state index contributed by atoms with van der Waals surface area (Å²) in [5, 5.41) is 54.3. The summed E-state index contributed by atoms with van der Waals surface area (Å²) in [6, 6.07) is -0.817. The van der Waals surface area contributed by atoms with Crippen LogP contribution >= 0.6 is 0 Å². The highest BCUT2D eigenvalue weighted by molar-refractivity contribution is 5.76. The quantitative estimate of drug-likeness (QED) is 0.0261. The molecule has 9 heteroatoms. The minimum atomic E-state index is -1.57. The zero-order valence-electron chi connectivity index (χ0n) is 41.8. The molecule has 1 fully saturated rings. The molecule has 7 unspecified atom stereocenters. The van der Waals surface area contributed by atoms with E-state index < -0.39 is 49.5 Å². The van der Waals surface area contributed by atoms with Gasteiger partial charge in [0.25, 0.3) is 0 Å². The molecule has 1 aliphatic rings. The van der Waals surface area contributed by atoms with Gasteiger partial charge >= 0.3 is 0 Å². The van der Waals surface area contributed by atoms with Crippen molar-refractivity contribution in [1.82, 2.24) is 5.32 Å².